The van der Waals surface area contributed by atoms with Gasteiger partial charge in [-0.25, -0.2) is 4.79 Å². The molecule has 3 rings (SSSR count). The van der Waals surface area contributed by atoms with Crippen molar-refractivity contribution in [3.63, 3.8) is 0 Å². The van der Waals surface area contributed by atoms with Gasteiger partial charge < -0.3 is 20.3 Å². The SMILES string of the molecule is O=C(NCCCOC1CCCCC1)Nc1cccc(C(=O)N2CCCC2)c1. The Morgan fingerprint density at radius 3 is 2.63 bits per heavy atom. The Hall–Kier alpha value is -2.08. The Morgan fingerprint density at radius 1 is 1.07 bits per heavy atom. The first kappa shape index (κ1) is 19.7. The molecule has 2 aliphatic rings. The molecule has 0 aromatic heterocycles. The molecule has 1 saturated heterocycles. The first-order chi connectivity index (χ1) is 13.2. The number of hydrogen-bond donors (Lipinski definition) is 2. The number of nitrogens with one attached hydrogen (secondary N) is 2. The van der Waals surface area contributed by atoms with Crippen molar-refractivity contribution in [2.45, 2.75) is 57.5 Å². The van der Waals surface area contributed by atoms with Gasteiger partial charge >= 0.3 is 6.03 Å². The van der Waals surface area contributed by atoms with Crippen molar-refractivity contribution in [3.05, 3.63) is 29.8 Å². The maximum atomic E-state index is 12.4. The van der Waals surface area contributed by atoms with Crippen LogP contribution in [0, 0.1) is 0 Å². The van der Waals surface area contributed by atoms with E-state index < -0.39 is 0 Å². The molecule has 6 heteroatoms. The number of nitrogens with zero attached hydrogens (tertiary/aromatic N) is 1. The smallest absolute Gasteiger partial charge is 0.319 e. The highest BCUT2D eigenvalue weighted by atomic mass is 16.5. The van der Waals surface area contributed by atoms with E-state index in [1.54, 1.807) is 24.3 Å². The molecule has 27 heavy (non-hydrogen) atoms. The summed E-state index contributed by atoms with van der Waals surface area (Å²) < 4.78 is 5.86. The topological polar surface area (TPSA) is 70.7 Å². The van der Waals surface area contributed by atoms with Crippen molar-refractivity contribution in [1.82, 2.24) is 10.2 Å². The van der Waals surface area contributed by atoms with Gasteiger partial charge in [0.05, 0.1) is 6.10 Å². The van der Waals surface area contributed by atoms with Crippen LogP contribution in [0.5, 0.6) is 0 Å². The Kier molecular flexibility index (Phi) is 7.51. The highest BCUT2D eigenvalue weighted by molar-refractivity contribution is 5.97. The Labute approximate surface area is 161 Å². The van der Waals surface area contributed by atoms with Crippen molar-refractivity contribution in [2.75, 3.05) is 31.6 Å². The summed E-state index contributed by atoms with van der Waals surface area (Å²) in [5.41, 5.74) is 1.26. The van der Waals surface area contributed by atoms with E-state index in [2.05, 4.69) is 10.6 Å². The zero-order valence-corrected chi connectivity index (χ0v) is 16.0. The normalized spacial score (nSPS) is 17.7. The lowest BCUT2D eigenvalue weighted by Gasteiger charge is -2.21. The summed E-state index contributed by atoms with van der Waals surface area (Å²) in [7, 11) is 0. The van der Waals surface area contributed by atoms with Crippen LogP contribution in [0.4, 0.5) is 10.5 Å². The molecule has 2 fully saturated rings. The predicted molar refractivity (Wildman–Crippen MR) is 106 cm³/mol. The second-order valence-corrected chi connectivity index (χ2v) is 7.45. The average molecular weight is 373 g/mol. The summed E-state index contributed by atoms with van der Waals surface area (Å²) in [6.45, 7) is 2.90. The molecule has 2 N–H and O–H groups in total. The molecule has 1 saturated carbocycles. The van der Waals surface area contributed by atoms with E-state index in [1.165, 1.54) is 32.1 Å². The first-order valence-corrected chi connectivity index (χ1v) is 10.3. The minimum Gasteiger partial charge on any atom is -0.378 e. The molecule has 0 bridgehead atoms. The fourth-order valence-corrected chi connectivity index (χ4v) is 3.76. The summed E-state index contributed by atoms with van der Waals surface area (Å²) >= 11 is 0. The molecule has 6 nitrogen and oxygen atoms in total. The first-order valence-electron chi connectivity index (χ1n) is 10.3. The molecule has 1 aromatic rings. The zero-order chi connectivity index (χ0) is 18.9. The lowest BCUT2D eigenvalue weighted by molar-refractivity contribution is 0.0276. The third-order valence-corrected chi connectivity index (χ3v) is 5.27. The average Bonchev–Trinajstić information content (AvgIpc) is 3.23. The number of urea groups is 1. The van der Waals surface area contributed by atoms with Gasteiger partial charge in [-0.1, -0.05) is 25.3 Å². The largest absolute Gasteiger partial charge is 0.378 e. The fraction of sp³-hybridized carbons (Fsp3) is 0.619. The molecule has 0 radical (unpaired) electrons. The lowest BCUT2D eigenvalue weighted by atomic mass is 9.98. The number of carbonyl (C=O) groups is 2. The van der Waals surface area contributed by atoms with Gasteiger partial charge in [0.25, 0.3) is 5.91 Å². The van der Waals surface area contributed by atoms with Crippen LogP contribution in [0.2, 0.25) is 0 Å². The van der Waals surface area contributed by atoms with E-state index in [0.717, 1.165) is 32.4 Å². The van der Waals surface area contributed by atoms with E-state index >= 15 is 0 Å². The fourth-order valence-electron chi connectivity index (χ4n) is 3.76. The van der Waals surface area contributed by atoms with Gasteiger partial charge in [0.2, 0.25) is 0 Å². The Bertz CT molecular complexity index is 623. The molecular formula is C21H31N3O3. The van der Waals surface area contributed by atoms with E-state index in [0.29, 0.717) is 30.5 Å². The van der Waals surface area contributed by atoms with Gasteiger partial charge in [0, 0.05) is 37.5 Å². The van der Waals surface area contributed by atoms with Crippen LogP contribution in [-0.2, 0) is 4.74 Å². The maximum Gasteiger partial charge on any atom is 0.319 e. The summed E-state index contributed by atoms with van der Waals surface area (Å²) in [4.78, 5) is 26.4. The molecular weight excluding hydrogens is 342 g/mol. The van der Waals surface area contributed by atoms with Crippen LogP contribution in [0.15, 0.2) is 24.3 Å². The summed E-state index contributed by atoms with van der Waals surface area (Å²) in [6.07, 6.45) is 9.54. The van der Waals surface area contributed by atoms with E-state index in [1.807, 2.05) is 4.90 Å². The van der Waals surface area contributed by atoms with Gasteiger partial charge in [0.1, 0.15) is 0 Å². The van der Waals surface area contributed by atoms with Crippen molar-refractivity contribution in [1.29, 1.82) is 0 Å². The molecule has 1 heterocycles. The van der Waals surface area contributed by atoms with Crippen molar-refractivity contribution < 1.29 is 14.3 Å². The maximum absolute atomic E-state index is 12.4. The number of rotatable bonds is 7. The number of benzene rings is 1. The van der Waals surface area contributed by atoms with Crippen molar-refractivity contribution in [3.8, 4) is 0 Å². The number of hydrogen-bond acceptors (Lipinski definition) is 3. The number of likely N-dealkylation sites (tertiary alicyclic amines) is 1. The van der Waals surface area contributed by atoms with Gasteiger partial charge in [-0.3, -0.25) is 4.79 Å². The summed E-state index contributed by atoms with van der Waals surface area (Å²) in [5.74, 6) is 0.0384. The summed E-state index contributed by atoms with van der Waals surface area (Å²) in [5, 5.41) is 5.65. The molecule has 1 aliphatic carbocycles. The molecule has 3 amide bonds. The third-order valence-electron chi connectivity index (χ3n) is 5.27. The monoisotopic (exact) mass is 373 g/mol. The van der Waals surface area contributed by atoms with Crippen molar-refractivity contribution in [2.24, 2.45) is 0 Å². The van der Waals surface area contributed by atoms with Crippen LogP contribution in [0.3, 0.4) is 0 Å². The Balaban J connectivity index is 1.36. The van der Waals surface area contributed by atoms with Crippen LogP contribution in [-0.4, -0.2) is 49.2 Å². The van der Waals surface area contributed by atoms with Gasteiger partial charge in [-0.15, -0.1) is 0 Å². The number of carbonyl (C=O) groups excluding carboxylic acids is 2. The number of amides is 3. The molecule has 0 unspecified atom stereocenters. The molecule has 0 atom stereocenters. The molecule has 148 valence electrons. The predicted octanol–water partition coefficient (Wildman–Crippen LogP) is 3.78. The van der Waals surface area contributed by atoms with Crippen LogP contribution >= 0.6 is 0 Å². The highest BCUT2D eigenvalue weighted by Gasteiger charge is 2.19. The minimum absolute atomic E-state index is 0.0384. The zero-order valence-electron chi connectivity index (χ0n) is 16.0. The van der Waals surface area contributed by atoms with Gasteiger partial charge in [-0.05, 0) is 50.3 Å². The Morgan fingerprint density at radius 2 is 1.85 bits per heavy atom. The van der Waals surface area contributed by atoms with Crippen LogP contribution in [0.25, 0.3) is 0 Å². The second kappa shape index (κ2) is 10.3. The van der Waals surface area contributed by atoms with E-state index in [4.69, 9.17) is 4.74 Å². The molecule has 0 spiro atoms. The van der Waals surface area contributed by atoms with Crippen LogP contribution < -0.4 is 10.6 Å². The highest BCUT2D eigenvalue weighted by Crippen LogP contribution is 2.20. The minimum atomic E-state index is -0.251. The van der Waals surface area contributed by atoms with Gasteiger partial charge in [-0.2, -0.15) is 0 Å². The molecule has 1 aliphatic heterocycles. The van der Waals surface area contributed by atoms with E-state index in [-0.39, 0.29) is 11.9 Å². The van der Waals surface area contributed by atoms with Crippen molar-refractivity contribution >= 4 is 17.6 Å². The van der Waals surface area contributed by atoms with Gasteiger partial charge in [0.15, 0.2) is 0 Å². The summed E-state index contributed by atoms with van der Waals surface area (Å²) in [6, 6.07) is 6.89. The second-order valence-electron chi connectivity index (χ2n) is 7.45. The molecule has 1 aromatic carbocycles. The van der Waals surface area contributed by atoms with E-state index in [9.17, 15) is 9.59 Å². The number of ether oxygens (including phenoxy) is 1. The van der Waals surface area contributed by atoms with Crippen LogP contribution in [0.1, 0.15) is 61.7 Å². The lowest BCUT2D eigenvalue weighted by Crippen LogP contribution is -2.31. The number of anilines is 1. The standard InChI is InChI=1S/C21H31N3O3/c25-20(24-13-4-5-14-24)17-8-6-9-18(16-17)23-21(26)22-12-7-15-27-19-10-2-1-3-11-19/h6,8-9,16,19H,1-5,7,10-15H2,(H2,22,23,26). The third kappa shape index (κ3) is 6.24. The quantitative estimate of drug-likeness (QED) is 0.715.